The molecule has 0 saturated carbocycles. The lowest BCUT2D eigenvalue weighted by molar-refractivity contribution is 0.683. The fraction of sp³-hybridized carbons (Fsp3) is 0.344. The molecule has 0 N–H and O–H groups in total. The summed E-state index contributed by atoms with van der Waals surface area (Å²) in [4.78, 5) is 1.38. The van der Waals surface area contributed by atoms with Crippen LogP contribution in [0.2, 0.25) is 0 Å². The maximum Gasteiger partial charge on any atom is 0.0491 e. The Hall–Kier alpha value is -5.05. The molecule has 2 atom stereocenters. The van der Waals surface area contributed by atoms with Gasteiger partial charge in [0.1, 0.15) is 0 Å². The third kappa shape index (κ3) is 11.8. The van der Waals surface area contributed by atoms with Gasteiger partial charge in [0, 0.05) is 44.6 Å². The van der Waals surface area contributed by atoms with Crippen molar-refractivity contribution in [3.05, 3.63) is 201 Å². The van der Waals surface area contributed by atoms with Gasteiger partial charge < -0.3 is 4.57 Å². The summed E-state index contributed by atoms with van der Waals surface area (Å²) in [6, 6.07) is 14.2. The molecule has 3 aromatic rings. The van der Waals surface area contributed by atoms with Crippen LogP contribution in [0.1, 0.15) is 148 Å². The molecule has 2 aliphatic carbocycles. The minimum absolute atomic E-state index is 0.101. The second kappa shape index (κ2) is 23.0. The van der Waals surface area contributed by atoms with Crippen LogP contribution in [0, 0.1) is 5.92 Å². The predicted molar refractivity (Wildman–Crippen MR) is 286 cm³/mol. The van der Waals surface area contributed by atoms with Crippen molar-refractivity contribution in [1.29, 1.82) is 0 Å². The number of thioether (sulfide) groups is 1. The Morgan fingerprint density at radius 2 is 1.60 bits per heavy atom. The molecule has 1 heterocycles. The van der Waals surface area contributed by atoms with Crippen LogP contribution < -0.4 is 0 Å². The highest BCUT2D eigenvalue weighted by Gasteiger charge is 2.33. The lowest BCUT2D eigenvalue weighted by Crippen LogP contribution is -2.10. The number of hydrogen-bond acceptors (Lipinski definition) is 1. The Labute approximate surface area is 387 Å². The summed E-state index contributed by atoms with van der Waals surface area (Å²) < 4.78 is 2.51. The summed E-state index contributed by atoms with van der Waals surface area (Å²) >= 11 is 2.01. The van der Waals surface area contributed by atoms with Gasteiger partial charge >= 0.3 is 0 Å². The molecule has 0 fully saturated rings. The summed E-state index contributed by atoms with van der Waals surface area (Å²) in [7, 11) is 0. The average Bonchev–Trinajstić information content (AvgIpc) is 3.64. The van der Waals surface area contributed by atoms with Gasteiger partial charge in [0.15, 0.2) is 0 Å². The highest BCUT2D eigenvalue weighted by molar-refractivity contribution is 8.04. The summed E-state index contributed by atoms with van der Waals surface area (Å²) in [6.07, 6.45) is 45.2. The highest BCUT2D eigenvalue weighted by Crippen LogP contribution is 2.49. The second-order valence-electron chi connectivity index (χ2n) is 17.8. The minimum Gasteiger partial charge on any atom is -0.337 e. The number of aromatic nitrogens is 1. The van der Waals surface area contributed by atoms with E-state index in [1.54, 1.807) is 0 Å². The molecule has 0 radical (unpaired) electrons. The number of allylic oxidation sites excluding steroid dienone is 22. The van der Waals surface area contributed by atoms with Crippen LogP contribution in [-0.2, 0) is 12.0 Å². The zero-order valence-corrected chi connectivity index (χ0v) is 41.5. The van der Waals surface area contributed by atoms with Gasteiger partial charge in [-0.25, -0.2) is 0 Å². The highest BCUT2D eigenvalue weighted by atomic mass is 32.2. The topological polar surface area (TPSA) is 4.93 Å². The zero-order chi connectivity index (χ0) is 45.7. The van der Waals surface area contributed by atoms with Crippen LogP contribution in [-0.4, -0.2) is 9.82 Å². The van der Waals surface area contributed by atoms with E-state index >= 15 is 0 Å². The Bertz CT molecular complexity index is 2490. The van der Waals surface area contributed by atoms with Crippen molar-refractivity contribution >= 4 is 45.5 Å². The van der Waals surface area contributed by atoms with E-state index in [9.17, 15) is 0 Å². The number of fused-ring (bicyclic) bond motifs is 4. The van der Waals surface area contributed by atoms with Crippen LogP contribution in [0.5, 0.6) is 0 Å². The maximum atomic E-state index is 4.29. The normalized spacial score (nSPS) is 18.0. The molecule has 2 unspecified atom stereocenters. The number of nitrogens with zero attached hydrogens (tertiary/aromatic N) is 1. The maximum absolute atomic E-state index is 4.29. The SMILES string of the molecule is C=C/C(=C\C=C/Cn1c2c(c3cc(/C(=C/C=C\CC)CC)ccc31)C(C)C=C(C(/C=C\C)=C/C(C)C)C=C2)c1ccc2c(c1)C(C)(C)C=C2/C(SC(/C=C\CC)CC)=C(C)\C=C/C. The summed E-state index contributed by atoms with van der Waals surface area (Å²) in [5.74, 6) is 0.691. The summed E-state index contributed by atoms with van der Waals surface area (Å²) in [5.41, 5.74) is 16.8. The molecule has 63 heavy (non-hydrogen) atoms. The smallest absolute Gasteiger partial charge is 0.0491 e. The van der Waals surface area contributed by atoms with Crippen molar-refractivity contribution in [2.24, 2.45) is 5.92 Å². The molecule has 0 aliphatic heterocycles. The van der Waals surface area contributed by atoms with Crippen LogP contribution in [0.3, 0.4) is 0 Å². The van der Waals surface area contributed by atoms with E-state index in [-0.39, 0.29) is 11.3 Å². The molecule has 0 bridgehead atoms. The summed E-state index contributed by atoms with van der Waals surface area (Å²) in [6.45, 7) is 32.1. The predicted octanol–water partition coefficient (Wildman–Crippen LogP) is 18.4. The van der Waals surface area contributed by atoms with Gasteiger partial charge in [-0.2, -0.15) is 0 Å². The first-order chi connectivity index (χ1) is 30.3. The van der Waals surface area contributed by atoms with Gasteiger partial charge in [-0.3, -0.25) is 0 Å². The van der Waals surface area contributed by atoms with E-state index in [2.05, 4.69) is 234 Å². The lowest BCUT2D eigenvalue weighted by atomic mass is 9.85. The van der Waals surface area contributed by atoms with Gasteiger partial charge in [0.25, 0.3) is 0 Å². The third-order valence-electron chi connectivity index (χ3n) is 12.1. The fourth-order valence-electron chi connectivity index (χ4n) is 8.96. The first kappa shape index (κ1) is 49.0. The fourth-order valence-corrected chi connectivity index (χ4v) is 10.2. The van der Waals surface area contributed by atoms with Gasteiger partial charge in [0.2, 0.25) is 0 Å². The standard InChI is InChI=1S/C61H75NS/c1-14-21-23-28-46(18-5)50-32-35-57-54(40-50)59-45(11)39-49(48(27-17-4)38-43(8)9)33-36-58(59)62(57)37-25-24-29-47(19-6)51-31-34-53-55(42-61(12,13)56(53)41-51)60(44(10)26-16-3)63-52(20-7)30-22-15-2/h16-17,19,21-36,38-43,45,52H,6,14-15,18,20,37H2,1-5,7-13H3/b23-21-,25-24-,26-16-,27-17-,30-22-,46-28+,47-29+,48-38+,60-44+. The van der Waals surface area contributed by atoms with E-state index in [0.717, 1.165) is 37.8 Å². The molecule has 0 saturated heterocycles. The van der Waals surface area contributed by atoms with E-state index in [1.165, 1.54) is 77.2 Å². The van der Waals surface area contributed by atoms with Crippen molar-refractivity contribution < 1.29 is 0 Å². The molecule has 2 aromatic carbocycles. The van der Waals surface area contributed by atoms with Crippen molar-refractivity contribution in [3.63, 3.8) is 0 Å². The quantitative estimate of drug-likeness (QED) is 0.0859. The number of rotatable bonds is 19. The number of benzene rings is 2. The Morgan fingerprint density at radius 3 is 2.27 bits per heavy atom. The largest absolute Gasteiger partial charge is 0.337 e. The molecule has 1 aromatic heterocycles. The molecule has 330 valence electrons. The number of hydrogen-bond donors (Lipinski definition) is 0. The summed E-state index contributed by atoms with van der Waals surface area (Å²) in [5, 5.41) is 1.77. The van der Waals surface area contributed by atoms with Crippen LogP contribution in [0.25, 0.3) is 33.7 Å². The first-order valence-corrected chi connectivity index (χ1v) is 24.5. The van der Waals surface area contributed by atoms with Crippen LogP contribution in [0.15, 0.2) is 168 Å². The molecule has 5 rings (SSSR count). The lowest BCUT2D eigenvalue weighted by Gasteiger charge is -2.19. The molecule has 2 aliphatic rings. The van der Waals surface area contributed by atoms with Gasteiger partial charge in [-0.1, -0.05) is 190 Å². The van der Waals surface area contributed by atoms with Crippen LogP contribution in [0.4, 0.5) is 0 Å². The molecular weight excluding hydrogens is 779 g/mol. The third-order valence-corrected chi connectivity index (χ3v) is 13.7. The van der Waals surface area contributed by atoms with E-state index in [1.807, 2.05) is 17.8 Å². The van der Waals surface area contributed by atoms with Crippen molar-refractivity contribution in [2.45, 2.75) is 132 Å². The Morgan fingerprint density at radius 1 is 0.873 bits per heavy atom. The van der Waals surface area contributed by atoms with E-state index in [4.69, 9.17) is 0 Å². The molecule has 1 nitrogen and oxygen atoms in total. The van der Waals surface area contributed by atoms with E-state index < -0.39 is 0 Å². The first-order valence-electron chi connectivity index (χ1n) is 23.7. The van der Waals surface area contributed by atoms with E-state index in [0.29, 0.717) is 11.2 Å². The van der Waals surface area contributed by atoms with Crippen molar-refractivity contribution in [2.75, 3.05) is 0 Å². The molecule has 0 amide bonds. The van der Waals surface area contributed by atoms with Crippen molar-refractivity contribution in [1.82, 2.24) is 4.57 Å². The molecule has 0 spiro atoms. The Kier molecular flexibility index (Phi) is 17.9. The van der Waals surface area contributed by atoms with Gasteiger partial charge in [0.05, 0.1) is 0 Å². The Balaban J connectivity index is 1.54. The second-order valence-corrected chi connectivity index (χ2v) is 19.1. The monoisotopic (exact) mass is 854 g/mol. The van der Waals surface area contributed by atoms with Gasteiger partial charge in [-0.15, -0.1) is 11.8 Å². The van der Waals surface area contributed by atoms with Crippen molar-refractivity contribution in [3.8, 4) is 0 Å². The zero-order valence-electron chi connectivity index (χ0n) is 40.7. The average molecular weight is 854 g/mol. The minimum atomic E-state index is -0.101. The van der Waals surface area contributed by atoms with Crippen LogP contribution >= 0.6 is 11.8 Å². The molecule has 2 heteroatoms. The molecular formula is C61H75NS. The van der Waals surface area contributed by atoms with Gasteiger partial charge in [-0.05, 0) is 138 Å².